The third kappa shape index (κ3) is 3.57. The molecule has 1 saturated heterocycles. The molecule has 1 aliphatic carbocycles. The van der Waals surface area contributed by atoms with Gasteiger partial charge in [0.2, 0.25) is 0 Å². The third-order valence-corrected chi connectivity index (χ3v) is 8.41. The van der Waals surface area contributed by atoms with E-state index in [-0.39, 0.29) is 5.91 Å². The van der Waals surface area contributed by atoms with Gasteiger partial charge in [0.1, 0.15) is 9.71 Å². The quantitative estimate of drug-likeness (QED) is 0.696. The molecular formula is C23H28N4OS2. The lowest BCUT2D eigenvalue weighted by Gasteiger charge is -2.32. The number of thiophene rings is 1. The van der Waals surface area contributed by atoms with Gasteiger partial charge in [-0.05, 0) is 50.1 Å². The number of fused-ring (bicyclic) bond motifs is 2. The molecule has 0 saturated carbocycles. The fourth-order valence-corrected chi connectivity index (χ4v) is 6.61. The number of aromatic nitrogens is 1. The summed E-state index contributed by atoms with van der Waals surface area (Å²) < 4.78 is 0. The summed E-state index contributed by atoms with van der Waals surface area (Å²) in [6.07, 6.45) is 11.1. The Bertz CT molecular complexity index is 1050. The largest absolute Gasteiger partial charge is 0.397 e. The van der Waals surface area contributed by atoms with Gasteiger partial charge in [-0.2, -0.15) is 0 Å². The van der Waals surface area contributed by atoms with Crippen LogP contribution in [0.4, 0.5) is 5.69 Å². The Balaban J connectivity index is 1.65. The minimum atomic E-state index is 0.0647. The van der Waals surface area contributed by atoms with E-state index in [0.29, 0.717) is 10.6 Å². The number of allylic oxidation sites excluding steroid dienone is 2. The van der Waals surface area contributed by atoms with E-state index in [1.54, 1.807) is 11.8 Å². The number of aryl methyl sites for hydroxylation is 1. The summed E-state index contributed by atoms with van der Waals surface area (Å²) in [4.78, 5) is 25.5. The monoisotopic (exact) mass is 440 g/mol. The normalized spacial score (nSPS) is 20.2. The molecule has 1 amide bonds. The number of pyridine rings is 1. The second-order valence-corrected chi connectivity index (χ2v) is 10.3. The number of nitrogens with zero attached hydrogens (tertiary/aromatic N) is 3. The number of nitrogen functional groups attached to an aromatic ring is 1. The molecule has 5 rings (SSSR count). The standard InChI is InChI=1S/C23H28N4OS2/c1-26-10-12-27(13-11-26)23(28)21-20(24)19-18(17-9-5-6-14-29-17)15-7-3-2-4-8-16(15)25-22(19)30-21/h6,9,14H,2-5,7-8,10-13,24H2,1H3. The predicted molar refractivity (Wildman–Crippen MR) is 128 cm³/mol. The van der Waals surface area contributed by atoms with E-state index in [2.05, 4.69) is 29.5 Å². The average molecular weight is 441 g/mol. The lowest BCUT2D eigenvalue weighted by molar-refractivity contribution is 0.0670. The number of nitrogens with two attached hydrogens (primary N) is 1. The maximum atomic E-state index is 13.3. The van der Waals surface area contributed by atoms with Gasteiger partial charge in [0.05, 0.1) is 5.69 Å². The highest BCUT2D eigenvalue weighted by Gasteiger charge is 2.29. The number of amides is 1. The van der Waals surface area contributed by atoms with Crippen molar-refractivity contribution < 1.29 is 4.79 Å². The highest BCUT2D eigenvalue weighted by Crippen LogP contribution is 2.45. The average Bonchev–Trinajstić information content (AvgIpc) is 2.94. The Morgan fingerprint density at radius 2 is 1.93 bits per heavy atom. The van der Waals surface area contributed by atoms with Crippen LogP contribution in [-0.2, 0) is 12.8 Å². The molecule has 0 radical (unpaired) electrons. The molecule has 0 atom stereocenters. The van der Waals surface area contributed by atoms with Crippen LogP contribution >= 0.6 is 23.1 Å². The van der Waals surface area contributed by atoms with Gasteiger partial charge in [0.15, 0.2) is 0 Å². The number of likely N-dealkylation sites (N-methyl/N-ethyl adjacent to an activating group) is 1. The maximum absolute atomic E-state index is 13.3. The van der Waals surface area contributed by atoms with Crippen molar-refractivity contribution in [2.75, 3.05) is 39.0 Å². The van der Waals surface area contributed by atoms with Crippen molar-refractivity contribution in [3.8, 4) is 0 Å². The molecule has 0 spiro atoms. The first-order valence-electron chi connectivity index (χ1n) is 10.9. The minimum Gasteiger partial charge on any atom is -0.397 e. The summed E-state index contributed by atoms with van der Waals surface area (Å²) in [6.45, 7) is 3.33. The topological polar surface area (TPSA) is 62.5 Å². The molecule has 4 heterocycles. The van der Waals surface area contributed by atoms with Crippen molar-refractivity contribution in [3.63, 3.8) is 0 Å². The molecule has 158 valence electrons. The van der Waals surface area contributed by atoms with E-state index in [0.717, 1.165) is 55.7 Å². The van der Waals surface area contributed by atoms with E-state index in [1.807, 2.05) is 4.90 Å². The van der Waals surface area contributed by atoms with Gasteiger partial charge in [0, 0.05) is 47.7 Å². The molecule has 2 aliphatic heterocycles. The molecule has 2 aromatic heterocycles. The minimum absolute atomic E-state index is 0.0647. The first-order valence-corrected chi connectivity index (χ1v) is 12.6. The summed E-state index contributed by atoms with van der Waals surface area (Å²) in [6, 6.07) is 0. The molecule has 0 bridgehead atoms. The smallest absolute Gasteiger partial charge is 0.266 e. The molecular weight excluding hydrogens is 412 g/mol. The van der Waals surface area contributed by atoms with Gasteiger partial charge >= 0.3 is 0 Å². The van der Waals surface area contributed by atoms with Crippen molar-refractivity contribution in [3.05, 3.63) is 39.3 Å². The zero-order valence-electron chi connectivity index (χ0n) is 17.4. The summed E-state index contributed by atoms with van der Waals surface area (Å²) >= 11 is 3.26. The highest BCUT2D eigenvalue weighted by molar-refractivity contribution is 8.11. The second-order valence-electron chi connectivity index (χ2n) is 8.39. The lowest BCUT2D eigenvalue weighted by Crippen LogP contribution is -2.47. The zero-order chi connectivity index (χ0) is 20.7. The maximum Gasteiger partial charge on any atom is 0.266 e. The third-order valence-electron chi connectivity index (χ3n) is 6.37. The van der Waals surface area contributed by atoms with Crippen LogP contribution < -0.4 is 5.73 Å². The fourth-order valence-electron chi connectivity index (χ4n) is 4.63. The molecule has 30 heavy (non-hydrogen) atoms. The van der Waals surface area contributed by atoms with Gasteiger partial charge in [-0.15, -0.1) is 11.3 Å². The highest BCUT2D eigenvalue weighted by atomic mass is 32.2. The van der Waals surface area contributed by atoms with Crippen molar-refractivity contribution >= 4 is 49.8 Å². The van der Waals surface area contributed by atoms with Gasteiger partial charge in [-0.25, -0.2) is 4.98 Å². The van der Waals surface area contributed by atoms with E-state index in [1.165, 1.54) is 52.3 Å². The molecule has 1 fully saturated rings. The van der Waals surface area contributed by atoms with Crippen LogP contribution in [0.15, 0.2) is 17.6 Å². The lowest BCUT2D eigenvalue weighted by atomic mass is 9.97. The van der Waals surface area contributed by atoms with Crippen LogP contribution in [0.25, 0.3) is 15.1 Å². The van der Waals surface area contributed by atoms with Gasteiger partial charge in [-0.1, -0.05) is 30.3 Å². The van der Waals surface area contributed by atoms with E-state index in [9.17, 15) is 4.79 Å². The molecule has 3 aliphatic rings. The first-order chi connectivity index (χ1) is 14.6. The van der Waals surface area contributed by atoms with E-state index < -0.39 is 0 Å². The number of carbonyl (C=O) groups excluding carboxylic acids is 1. The number of rotatable bonds is 2. The predicted octanol–water partition coefficient (Wildman–Crippen LogP) is 4.53. The number of carbonyl (C=O) groups is 1. The summed E-state index contributed by atoms with van der Waals surface area (Å²) in [7, 11) is 2.10. The SMILES string of the molecule is CN1CCN(C(=O)c2sc3nc4c(c(C5=CCC=CS5)c3c2N)CCCCC4)CC1. The van der Waals surface area contributed by atoms with Crippen LogP contribution in [0.2, 0.25) is 0 Å². The van der Waals surface area contributed by atoms with Gasteiger partial charge in [0.25, 0.3) is 5.91 Å². The molecule has 2 aromatic rings. The number of thioether (sulfide) groups is 1. The number of hydrogen-bond acceptors (Lipinski definition) is 6. The van der Waals surface area contributed by atoms with Gasteiger partial charge < -0.3 is 15.5 Å². The van der Waals surface area contributed by atoms with Crippen LogP contribution in [0.3, 0.4) is 0 Å². The van der Waals surface area contributed by atoms with Crippen LogP contribution in [0.5, 0.6) is 0 Å². The number of piperazine rings is 1. The van der Waals surface area contributed by atoms with Crippen molar-refractivity contribution in [1.82, 2.24) is 14.8 Å². The fraction of sp³-hybridized carbons (Fsp3) is 0.478. The van der Waals surface area contributed by atoms with E-state index >= 15 is 0 Å². The molecule has 0 unspecified atom stereocenters. The Labute approximate surface area is 186 Å². The zero-order valence-corrected chi connectivity index (χ0v) is 19.1. The van der Waals surface area contributed by atoms with Crippen LogP contribution in [-0.4, -0.2) is 53.9 Å². The van der Waals surface area contributed by atoms with Crippen molar-refractivity contribution in [1.29, 1.82) is 0 Å². The second kappa shape index (κ2) is 8.36. The molecule has 2 N–H and O–H groups in total. The molecule has 0 aromatic carbocycles. The van der Waals surface area contributed by atoms with Crippen molar-refractivity contribution in [2.45, 2.75) is 38.5 Å². The van der Waals surface area contributed by atoms with Gasteiger partial charge in [-0.3, -0.25) is 4.79 Å². The van der Waals surface area contributed by atoms with Crippen molar-refractivity contribution in [2.24, 2.45) is 0 Å². The van der Waals surface area contributed by atoms with Crippen LogP contribution in [0.1, 0.15) is 52.2 Å². The Hall–Kier alpha value is -1.83. The Morgan fingerprint density at radius 1 is 1.13 bits per heavy atom. The molecule has 5 nitrogen and oxygen atoms in total. The van der Waals surface area contributed by atoms with E-state index in [4.69, 9.17) is 10.7 Å². The first kappa shape index (κ1) is 20.1. The Morgan fingerprint density at radius 3 is 2.70 bits per heavy atom. The Kier molecular flexibility index (Phi) is 5.60. The summed E-state index contributed by atoms with van der Waals surface area (Å²) in [5.41, 5.74) is 11.2. The molecule has 7 heteroatoms. The number of hydrogen-bond donors (Lipinski definition) is 1. The van der Waals surface area contributed by atoms with Crippen LogP contribution in [0, 0.1) is 0 Å². The summed E-state index contributed by atoms with van der Waals surface area (Å²) in [5.74, 6) is 0.0647. The number of anilines is 1. The summed E-state index contributed by atoms with van der Waals surface area (Å²) in [5, 5.41) is 3.18.